The molecule has 0 radical (unpaired) electrons. The Balaban J connectivity index is 2.23. The Morgan fingerprint density at radius 3 is 2.29 bits per heavy atom. The van der Waals surface area contributed by atoms with Crippen LogP contribution < -0.4 is 14.4 Å². The van der Waals surface area contributed by atoms with E-state index in [0.29, 0.717) is 30.8 Å². The molecule has 0 aliphatic heterocycles. The fourth-order valence-electron chi connectivity index (χ4n) is 4.34. The Labute approximate surface area is 228 Å². The molecule has 0 saturated heterocycles. The van der Waals surface area contributed by atoms with Crippen LogP contribution in [0.5, 0.6) is 5.75 Å². The molecule has 0 fully saturated rings. The smallest absolute Gasteiger partial charge is 0.242 e. The molecule has 1 N–H and O–H groups in total. The van der Waals surface area contributed by atoms with Crippen LogP contribution in [0.25, 0.3) is 0 Å². The van der Waals surface area contributed by atoms with Crippen molar-refractivity contribution in [3.05, 3.63) is 59.2 Å². The van der Waals surface area contributed by atoms with E-state index in [1.165, 1.54) is 10.6 Å². The van der Waals surface area contributed by atoms with E-state index in [2.05, 4.69) is 12.2 Å². The molecule has 9 heteroatoms. The number of hydrogen-bond donors (Lipinski definition) is 1. The number of unbranched alkanes of at least 4 members (excludes halogenated alkanes) is 1. The van der Waals surface area contributed by atoms with Crippen molar-refractivity contribution in [2.45, 2.75) is 72.4 Å². The molecular formula is C29H43N3O5S. The van der Waals surface area contributed by atoms with E-state index in [1.54, 1.807) is 18.1 Å². The van der Waals surface area contributed by atoms with E-state index in [0.717, 1.165) is 29.5 Å². The minimum absolute atomic E-state index is 0.117. The van der Waals surface area contributed by atoms with Gasteiger partial charge in [-0.1, -0.05) is 44.5 Å². The summed E-state index contributed by atoms with van der Waals surface area (Å²) in [5.41, 5.74) is 3.39. The lowest BCUT2D eigenvalue weighted by molar-refractivity contribution is -0.141. The molecule has 2 aromatic carbocycles. The summed E-state index contributed by atoms with van der Waals surface area (Å²) in [7, 11) is -1.95. The van der Waals surface area contributed by atoms with Gasteiger partial charge < -0.3 is 15.0 Å². The van der Waals surface area contributed by atoms with Crippen molar-refractivity contribution in [1.29, 1.82) is 0 Å². The maximum absolute atomic E-state index is 13.5. The number of sulfonamides is 1. The summed E-state index contributed by atoms with van der Waals surface area (Å²) in [6.45, 7) is 8.80. The molecule has 0 aromatic heterocycles. The molecule has 0 heterocycles. The predicted octanol–water partition coefficient (Wildman–Crippen LogP) is 4.58. The largest absolute Gasteiger partial charge is 0.497 e. The lowest BCUT2D eigenvalue weighted by Gasteiger charge is -2.31. The average Bonchev–Trinajstić information content (AvgIpc) is 2.88. The van der Waals surface area contributed by atoms with Gasteiger partial charge in [0.15, 0.2) is 0 Å². The number of amides is 2. The number of nitrogens with one attached hydrogen (secondary N) is 1. The van der Waals surface area contributed by atoms with Gasteiger partial charge in [-0.3, -0.25) is 13.9 Å². The van der Waals surface area contributed by atoms with Crippen LogP contribution in [0, 0.1) is 13.8 Å². The molecule has 0 aliphatic rings. The molecule has 0 spiro atoms. The average molecular weight is 546 g/mol. The van der Waals surface area contributed by atoms with E-state index in [1.807, 2.05) is 57.2 Å². The number of rotatable bonds is 15. The third-order valence-corrected chi connectivity index (χ3v) is 7.90. The number of nitrogens with zero attached hydrogens (tertiary/aromatic N) is 2. The Kier molecular flexibility index (Phi) is 12.1. The van der Waals surface area contributed by atoms with Gasteiger partial charge in [0, 0.05) is 26.1 Å². The van der Waals surface area contributed by atoms with Crippen molar-refractivity contribution in [3.63, 3.8) is 0 Å². The van der Waals surface area contributed by atoms with Gasteiger partial charge in [0.1, 0.15) is 11.8 Å². The van der Waals surface area contributed by atoms with Crippen LogP contribution in [0.2, 0.25) is 0 Å². The molecule has 2 rings (SSSR count). The number of benzene rings is 2. The topological polar surface area (TPSA) is 96.0 Å². The second kappa shape index (κ2) is 14.8. The SMILES string of the molecule is CCCCNC(=O)[C@@H](CC)N(Cc1ccc(OC)cc1)C(=O)CCCN(c1cccc(C)c1C)S(C)(=O)=O. The molecule has 0 unspecified atom stereocenters. The zero-order chi connectivity index (χ0) is 28.3. The first-order valence-corrected chi connectivity index (χ1v) is 15.1. The second-order valence-electron chi connectivity index (χ2n) is 9.60. The molecule has 0 saturated carbocycles. The maximum Gasteiger partial charge on any atom is 0.242 e. The van der Waals surface area contributed by atoms with Crippen LogP contribution in [0.15, 0.2) is 42.5 Å². The summed E-state index contributed by atoms with van der Waals surface area (Å²) >= 11 is 0. The molecular weight excluding hydrogens is 502 g/mol. The van der Waals surface area contributed by atoms with Crippen LogP contribution in [0.4, 0.5) is 5.69 Å². The summed E-state index contributed by atoms with van der Waals surface area (Å²) in [6, 6.07) is 12.4. The molecule has 0 aliphatic carbocycles. The molecule has 2 aromatic rings. The minimum Gasteiger partial charge on any atom is -0.497 e. The van der Waals surface area contributed by atoms with Crippen molar-refractivity contribution in [2.75, 3.05) is 30.8 Å². The molecule has 8 nitrogen and oxygen atoms in total. The summed E-state index contributed by atoms with van der Waals surface area (Å²) in [6.07, 6.45) is 3.92. The van der Waals surface area contributed by atoms with Gasteiger partial charge in [-0.2, -0.15) is 0 Å². The molecule has 2 amide bonds. The number of carbonyl (C=O) groups excluding carboxylic acids is 2. The molecule has 0 bridgehead atoms. The van der Waals surface area contributed by atoms with Gasteiger partial charge in [0.2, 0.25) is 21.8 Å². The summed E-state index contributed by atoms with van der Waals surface area (Å²) in [4.78, 5) is 28.2. The monoisotopic (exact) mass is 545 g/mol. The van der Waals surface area contributed by atoms with Gasteiger partial charge in [0.05, 0.1) is 19.1 Å². The first kappa shape index (κ1) is 31.1. The number of methoxy groups -OCH3 is 1. The van der Waals surface area contributed by atoms with Gasteiger partial charge in [-0.15, -0.1) is 0 Å². The third-order valence-electron chi connectivity index (χ3n) is 6.72. The molecule has 38 heavy (non-hydrogen) atoms. The van der Waals surface area contributed by atoms with E-state index in [-0.39, 0.29) is 31.3 Å². The summed E-state index contributed by atoms with van der Waals surface area (Å²) in [5, 5.41) is 2.96. The maximum atomic E-state index is 13.5. The Bertz CT molecular complexity index is 1170. The van der Waals surface area contributed by atoms with Crippen LogP contribution >= 0.6 is 0 Å². The summed E-state index contributed by atoms with van der Waals surface area (Å²) in [5.74, 6) is 0.354. The fraction of sp³-hybridized carbons (Fsp3) is 0.517. The second-order valence-corrected chi connectivity index (χ2v) is 11.5. The highest BCUT2D eigenvalue weighted by molar-refractivity contribution is 7.92. The normalized spacial score (nSPS) is 12.1. The number of hydrogen-bond acceptors (Lipinski definition) is 5. The van der Waals surface area contributed by atoms with Crippen LogP contribution in [0.1, 0.15) is 62.6 Å². The van der Waals surface area contributed by atoms with Gasteiger partial charge in [0.25, 0.3) is 0 Å². The van der Waals surface area contributed by atoms with E-state index < -0.39 is 16.1 Å². The van der Waals surface area contributed by atoms with Crippen LogP contribution in [-0.2, 0) is 26.2 Å². The highest BCUT2D eigenvalue weighted by Crippen LogP contribution is 2.26. The highest BCUT2D eigenvalue weighted by atomic mass is 32.2. The van der Waals surface area contributed by atoms with Gasteiger partial charge >= 0.3 is 0 Å². The zero-order valence-corrected chi connectivity index (χ0v) is 24.4. The summed E-state index contributed by atoms with van der Waals surface area (Å²) < 4.78 is 31.9. The Morgan fingerprint density at radius 2 is 1.71 bits per heavy atom. The quantitative estimate of drug-likeness (QED) is 0.331. The first-order valence-electron chi connectivity index (χ1n) is 13.3. The zero-order valence-electron chi connectivity index (χ0n) is 23.6. The van der Waals surface area contributed by atoms with Crippen molar-refractivity contribution in [3.8, 4) is 5.75 Å². The first-order chi connectivity index (χ1) is 18.0. The van der Waals surface area contributed by atoms with Gasteiger partial charge in [-0.05, 0) is 68.0 Å². The number of carbonyl (C=O) groups is 2. The number of ether oxygens (including phenoxy) is 1. The fourth-order valence-corrected chi connectivity index (χ4v) is 5.36. The third kappa shape index (κ3) is 8.75. The molecule has 1 atom stereocenters. The van der Waals surface area contributed by atoms with Crippen molar-refractivity contribution >= 4 is 27.5 Å². The van der Waals surface area contributed by atoms with E-state index in [9.17, 15) is 18.0 Å². The number of aryl methyl sites for hydroxylation is 1. The number of anilines is 1. The minimum atomic E-state index is -3.55. The lowest BCUT2D eigenvalue weighted by Crippen LogP contribution is -2.49. The van der Waals surface area contributed by atoms with Crippen molar-refractivity contribution in [1.82, 2.24) is 10.2 Å². The van der Waals surface area contributed by atoms with E-state index in [4.69, 9.17) is 4.74 Å². The van der Waals surface area contributed by atoms with Gasteiger partial charge in [-0.25, -0.2) is 8.42 Å². The lowest BCUT2D eigenvalue weighted by atomic mass is 10.1. The van der Waals surface area contributed by atoms with Crippen molar-refractivity contribution in [2.24, 2.45) is 0 Å². The Hall–Kier alpha value is -3.07. The highest BCUT2D eigenvalue weighted by Gasteiger charge is 2.29. The standard InChI is InChI=1S/C29H43N3O5S/c1-7-9-19-30-29(34)26(8-2)31(21-24-15-17-25(37-5)18-16-24)28(33)14-11-20-32(38(6,35)36)27-13-10-12-22(3)23(27)4/h10,12-13,15-18,26H,7-9,11,14,19-21H2,1-6H3,(H,30,34)/t26-/m1/s1. The van der Waals surface area contributed by atoms with Crippen molar-refractivity contribution < 1.29 is 22.7 Å². The molecule has 210 valence electrons. The Morgan fingerprint density at radius 1 is 1.03 bits per heavy atom. The van der Waals surface area contributed by atoms with Crippen LogP contribution in [-0.4, -0.2) is 57.6 Å². The van der Waals surface area contributed by atoms with E-state index >= 15 is 0 Å². The van der Waals surface area contributed by atoms with Crippen LogP contribution in [0.3, 0.4) is 0 Å². The predicted molar refractivity (Wildman–Crippen MR) is 153 cm³/mol.